The maximum Gasteiger partial charge on any atom is 0.227 e. The van der Waals surface area contributed by atoms with E-state index in [1.54, 1.807) is 22.9 Å². The number of carbonyl (C=O) groups is 1. The second-order valence-corrected chi connectivity index (χ2v) is 8.18. The van der Waals surface area contributed by atoms with Crippen LogP contribution in [-0.2, 0) is 27.8 Å². The third-order valence-electron chi connectivity index (χ3n) is 4.31. The quantitative estimate of drug-likeness (QED) is 0.793. The van der Waals surface area contributed by atoms with E-state index in [0.717, 1.165) is 17.5 Å². The Morgan fingerprint density at radius 1 is 1.38 bits per heavy atom. The van der Waals surface area contributed by atoms with Crippen molar-refractivity contribution in [2.24, 2.45) is 0 Å². The summed E-state index contributed by atoms with van der Waals surface area (Å²) >= 11 is 0. The number of hydrogen-bond donors (Lipinski definition) is 1. The summed E-state index contributed by atoms with van der Waals surface area (Å²) in [7, 11) is -1.72. The van der Waals surface area contributed by atoms with Crippen LogP contribution in [-0.4, -0.2) is 55.5 Å². The van der Waals surface area contributed by atoms with Crippen molar-refractivity contribution >= 4 is 15.9 Å². The Bertz CT molecular complexity index is 894. The van der Waals surface area contributed by atoms with E-state index in [1.807, 2.05) is 30.3 Å². The predicted octanol–water partition coefficient (Wildman–Crippen LogP) is 0.567. The second kappa shape index (κ2) is 7.46. The average Bonchev–Trinajstić information content (AvgIpc) is 3.07. The SMILES string of the molecule is COc1cccc(CC(=O)N2Cc3ccnn3C(CNS(C)(=O)=O)C2)c1. The highest BCUT2D eigenvalue weighted by Crippen LogP contribution is 2.21. The highest BCUT2D eigenvalue weighted by Gasteiger charge is 2.28. The molecule has 1 aromatic carbocycles. The van der Waals surface area contributed by atoms with Crippen LogP contribution in [0.2, 0.25) is 0 Å². The zero-order valence-electron chi connectivity index (χ0n) is 14.8. The average molecular weight is 378 g/mol. The third-order valence-corrected chi connectivity index (χ3v) is 5.00. The van der Waals surface area contributed by atoms with E-state index in [9.17, 15) is 13.2 Å². The molecule has 0 bridgehead atoms. The van der Waals surface area contributed by atoms with Gasteiger partial charge in [0.2, 0.25) is 15.9 Å². The number of ether oxygens (including phenoxy) is 1. The molecule has 0 saturated heterocycles. The van der Waals surface area contributed by atoms with Crippen LogP contribution >= 0.6 is 0 Å². The standard InChI is InChI=1S/C17H22N4O4S/c1-25-16-5-3-4-13(8-16)9-17(22)20-11-14-6-7-18-21(14)15(12-20)10-19-26(2,23)24/h3-8,15,19H,9-12H2,1-2H3. The molecule has 140 valence electrons. The normalized spacial score (nSPS) is 17.0. The zero-order valence-corrected chi connectivity index (χ0v) is 15.6. The molecule has 1 N–H and O–H groups in total. The lowest BCUT2D eigenvalue weighted by Gasteiger charge is -2.34. The molecular weight excluding hydrogens is 356 g/mol. The summed E-state index contributed by atoms with van der Waals surface area (Å²) in [6.45, 7) is 1.05. The Hall–Kier alpha value is -2.39. The van der Waals surface area contributed by atoms with Crippen LogP contribution in [0.4, 0.5) is 0 Å². The third kappa shape index (κ3) is 4.41. The van der Waals surface area contributed by atoms with Gasteiger partial charge in [-0.2, -0.15) is 5.10 Å². The Kier molecular flexibility index (Phi) is 5.28. The molecule has 1 amide bonds. The number of rotatable bonds is 6. The first-order chi connectivity index (χ1) is 12.4. The molecule has 0 radical (unpaired) electrons. The number of amides is 1. The number of nitrogens with zero attached hydrogens (tertiary/aromatic N) is 3. The van der Waals surface area contributed by atoms with Crippen LogP contribution in [0.3, 0.4) is 0 Å². The molecule has 9 heteroatoms. The summed E-state index contributed by atoms with van der Waals surface area (Å²) in [5.41, 5.74) is 1.76. The van der Waals surface area contributed by atoms with E-state index >= 15 is 0 Å². The van der Waals surface area contributed by atoms with Gasteiger partial charge in [0, 0.05) is 19.3 Å². The molecule has 8 nitrogen and oxygen atoms in total. The van der Waals surface area contributed by atoms with E-state index < -0.39 is 10.0 Å². The maximum absolute atomic E-state index is 12.8. The Morgan fingerprint density at radius 3 is 2.92 bits per heavy atom. The van der Waals surface area contributed by atoms with Gasteiger partial charge in [-0.05, 0) is 23.8 Å². The summed E-state index contributed by atoms with van der Waals surface area (Å²) in [4.78, 5) is 14.5. The minimum atomic E-state index is -3.31. The number of aromatic nitrogens is 2. The first-order valence-corrected chi connectivity index (χ1v) is 10.1. The Morgan fingerprint density at radius 2 is 2.19 bits per heavy atom. The molecular formula is C17H22N4O4S. The smallest absolute Gasteiger partial charge is 0.227 e. The molecule has 2 heterocycles. The lowest BCUT2D eigenvalue weighted by Crippen LogP contribution is -2.45. The molecule has 0 fully saturated rings. The van der Waals surface area contributed by atoms with Crippen molar-refractivity contribution in [2.75, 3.05) is 26.5 Å². The first-order valence-electron chi connectivity index (χ1n) is 8.23. The van der Waals surface area contributed by atoms with Crippen molar-refractivity contribution in [3.63, 3.8) is 0 Å². The molecule has 0 saturated carbocycles. The van der Waals surface area contributed by atoms with Crippen LogP contribution in [0.5, 0.6) is 5.75 Å². The van der Waals surface area contributed by atoms with E-state index in [0.29, 0.717) is 18.8 Å². The minimum absolute atomic E-state index is 0.0185. The van der Waals surface area contributed by atoms with Crippen LogP contribution in [0.1, 0.15) is 17.3 Å². The van der Waals surface area contributed by atoms with Gasteiger partial charge in [-0.1, -0.05) is 12.1 Å². The molecule has 2 aromatic rings. The van der Waals surface area contributed by atoms with Crippen molar-refractivity contribution in [1.29, 1.82) is 0 Å². The van der Waals surface area contributed by atoms with Crippen molar-refractivity contribution < 1.29 is 17.9 Å². The highest BCUT2D eigenvalue weighted by atomic mass is 32.2. The maximum atomic E-state index is 12.8. The largest absolute Gasteiger partial charge is 0.497 e. The zero-order chi connectivity index (χ0) is 18.7. The molecule has 1 aliphatic rings. The van der Waals surface area contributed by atoms with Gasteiger partial charge in [0.05, 0.1) is 38.1 Å². The van der Waals surface area contributed by atoms with Gasteiger partial charge in [-0.25, -0.2) is 13.1 Å². The van der Waals surface area contributed by atoms with Gasteiger partial charge in [-0.3, -0.25) is 9.48 Å². The van der Waals surface area contributed by atoms with Gasteiger partial charge in [-0.15, -0.1) is 0 Å². The van der Waals surface area contributed by atoms with Crippen LogP contribution in [0.15, 0.2) is 36.5 Å². The van der Waals surface area contributed by atoms with Crippen molar-refractivity contribution in [2.45, 2.75) is 19.0 Å². The number of methoxy groups -OCH3 is 1. The van der Waals surface area contributed by atoms with Gasteiger partial charge in [0.15, 0.2) is 0 Å². The highest BCUT2D eigenvalue weighted by molar-refractivity contribution is 7.88. The fraction of sp³-hybridized carbons (Fsp3) is 0.412. The van der Waals surface area contributed by atoms with Crippen molar-refractivity contribution in [3.8, 4) is 5.75 Å². The van der Waals surface area contributed by atoms with E-state index in [1.165, 1.54) is 0 Å². The molecule has 1 unspecified atom stereocenters. The fourth-order valence-corrected chi connectivity index (χ4v) is 3.54. The number of nitrogens with one attached hydrogen (secondary N) is 1. The van der Waals surface area contributed by atoms with Crippen molar-refractivity contribution in [1.82, 2.24) is 19.4 Å². The van der Waals surface area contributed by atoms with E-state index in [2.05, 4.69) is 9.82 Å². The Balaban J connectivity index is 1.73. The van der Waals surface area contributed by atoms with E-state index in [-0.39, 0.29) is 24.9 Å². The predicted molar refractivity (Wildman–Crippen MR) is 96.2 cm³/mol. The molecule has 1 aliphatic heterocycles. The molecule has 1 aromatic heterocycles. The van der Waals surface area contributed by atoms with Crippen LogP contribution in [0.25, 0.3) is 0 Å². The number of benzene rings is 1. The number of hydrogen-bond acceptors (Lipinski definition) is 5. The summed E-state index contributed by atoms with van der Waals surface area (Å²) in [6.07, 6.45) is 3.04. The molecule has 3 rings (SSSR count). The summed E-state index contributed by atoms with van der Waals surface area (Å²) in [6, 6.07) is 9.02. The minimum Gasteiger partial charge on any atom is -0.497 e. The topological polar surface area (TPSA) is 93.5 Å². The second-order valence-electron chi connectivity index (χ2n) is 6.34. The van der Waals surface area contributed by atoms with E-state index in [4.69, 9.17) is 4.74 Å². The van der Waals surface area contributed by atoms with Gasteiger partial charge < -0.3 is 9.64 Å². The monoisotopic (exact) mass is 378 g/mol. The fourth-order valence-electron chi connectivity index (χ4n) is 3.04. The number of sulfonamides is 1. The summed E-state index contributed by atoms with van der Waals surface area (Å²) in [5.74, 6) is 0.692. The summed E-state index contributed by atoms with van der Waals surface area (Å²) < 4.78 is 32.3. The lowest BCUT2D eigenvalue weighted by molar-refractivity contribution is -0.132. The van der Waals surface area contributed by atoms with Gasteiger partial charge in [0.1, 0.15) is 5.75 Å². The summed E-state index contributed by atoms with van der Waals surface area (Å²) in [5, 5.41) is 4.27. The molecule has 0 aliphatic carbocycles. The van der Waals surface area contributed by atoms with Gasteiger partial charge >= 0.3 is 0 Å². The molecule has 26 heavy (non-hydrogen) atoms. The first kappa shape index (κ1) is 18.4. The molecule has 0 spiro atoms. The van der Waals surface area contributed by atoms with Gasteiger partial charge in [0.25, 0.3) is 0 Å². The van der Waals surface area contributed by atoms with Crippen molar-refractivity contribution in [3.05, 3.63) is 47.8 Å². The number of carbonyl (C=O) groups excluding carboxylic acids is 1. The molecule has 1 atom stereocenters. The number of fused-ring (bicyclic) bond motifs is 1. The van der Waals surface area contributed by atoms with Crippen LogP contribution in [0, 0.1) is 0 Å². The van der Waals surface area contributed by atoms with Crippen LogP contribution < -0.4 is 9.46 Å². The lowest BCUT2D eigenvalue weighted by atomic mass is 10.1. The Labute approximate surface area is 152 Å².